The molecule has 0 atom stereocenters. The Morgan fingerprint density at radius 2 is 2.27 bits per heavy atom. The minimum absolute atomic E-state index is 0.0687. The van der Waals surface area contributed by atoms with E-state index in [0.717, 1.165) is 5.56 Å². The van der Waals surface area contributed by atoms with E-state index >= 15 is 0 Å². The van der Waals surface area contributed by atoms with Crippen LogP contribution in [-0.4, -0.2) is 20.2 Å². The van der Waals surface area contributed by atoms with Crippen molar-refractivity contribution in [2.24, 2.45) is 0 Å². The number of nitrogen functional groups attached to an aromatic ring is 1. The lowest BCUT2D eigenvalue weighted by Crippen LogP contribution is -2.06. The molecule has 0 unspecified atom stereocenters. The Labute approximate surface area is 89.6 Å². The highest BCUT2D eigenvalue weighted by Crippen LogP contribution is 2.16. The van der Waals surface area contributed by atoms with Crippen LogP contribution in [-0.2, 0) is 6.54 Å². The molecule has 1 heterocycles. The van der Waals surface area contributed by atoms with Crippen molar-refractivity contribution in [3.63, 3.8) is 0 Å². The topological polar surface area (TPSA) is 69.6 Å². The number of nitrogens with two attached hydrogens (primary N) is 1. The summed E-state index contributed by atoms with van der Waals surface area (Å²) in [6.07, 6.45) is 0. The van der Waals surface area contributed by atoms with Crippen LogP contribution in [0.4, 0.5) is 10.3 Å². The molecular weight excluding hydrogens is 221 g/mol. The van der Waals surface area contributed by atoms with Crippen molar-refractivity contribution in [3.05, 3.63) is 34.6 Å². The van der Waals surface area contributed by atoms with Crippen molar-refractivity contribution in [3.8, 4) is 0 Å². The van der Waals surface area contributed by atoms with Crippen LogP contribution in [0, 0.1) is 5.82 Å². The molecule has 0 aliphatic heterocycles. The van der Waals surface area contributed by atoms with Gasteiger partial charge in [-0.05, 0) is 28.1 Å². The fourth-order valence-corrected chi connectivity index (χ4v) is 1.34. The third-order valence-corrected chi connectivity index (χ3v) is 2.17. The van der Waals surface area contributed by atoms with Gasteiger partial charge in [0.15, 0.2) is 0 Å². The molecule has 1 aromatic heterocycles. The molecule has 0 amide bonds. The van der Waals surface area contributed by atoms with Gasteiger partial charge in [0.05, 0.1) is 11.6 Å². The third-order valence-electron chi connectivity index (χ3n) is 1.88. The summed E-state index contributed by atoms with van der Waals surface area (Å²) in [5.41, 5.74) is 6.25. The quantitative estimate of drug-likeness (QED) is 0.834. The van der Waals surface area contributed by atoms with Gasteiger partial charge in [0.2, 0.25) is 5.95 Å². The predicted molar refractivity (Wildman–Crippen MR) is 52.7 cm³/mol. The molecule has 0 aliphatic rings. The Bertz CT molecular complexity index is 484. The van der Waals surface area contributed by atoms with Crippen LogP contribution in [0.3, 0.4) is 0 Å². The van der Waals surface area contributed by atoms with Gasteiger partial charge in [-0.3, -0.25) is 0 Å². The molecule has 2 rings (SSSR count). The summed E-state index contributed by atoms with van der Waals surface area (Å²) in [4.78, 5) is 0. The molecule has 78 valence electrons. The monoisotopic (exact) mass is 227 g/mol. The normalized spacial score (nSPS) is 10.5. The molecule has 0 saturated carbocycles. The van der Waals surface area contributed by atoms with Crippen molar-refractivity contribution in [2.75, 3.05) is 5.73 Å². The third kappa shape index (κ3) is 2.04. The molecule has 1 aromatic carbocycles. The number of hydrogen-bond acceptors (Lipinski definition) is 4. The minimum atomic E-state index is -0.454. The van der Waals surface area contributed by atoms with Crippen molar-refractivity contribution in [1.29, 1.82) is 0 Å². The zero-order valence-corrected chi connectivity index (χ0v) is 8.32. The number of anilines is 1. The SMILES string of the molecule is Nc1nnnn1Cc1ccc(F)c(Cl)c1. The second-order valence-electron chi connectivity index (χ2n) is 2.94. The van der Waals surface area contributed by atoms with Crippen LogP contribution in [0.15, 0.2) is 18.2 Å². The second-order valence-corrected chi connectivity index (χ2v) is 3.35. The molecule has 7 heteroatoms. The molecule has 0 saturated heterocycles. The van der Waals surface area contributed by atoms with Crippen molar-refractivity contribution in [2.45, 2.75) is 6.54 Å². The fourth-order valence-electron chi connectivity index (χ4n) is 1.14. The number of rotatable bonds is 2. The fraction of sp³-hybridized carbons (Fsp3) is 0.125. The summed E-state index contributed by atoms with van der Waals surface area (Å²) in [7, 11) is 0. The van der Waals surface area contributed by atoms with Gasteiger partial charge in [0, 0.05) is 0 Å². The maximum absolute atomic E-state index is 12.9. The van der Waals surface area contributed by atoms with Gasteiger partial charge < -0.3 is 5.73 Å². The molecule has 0 bridgehead atoms. The van der Waals surface area contributed by atoms with E-state index in [0.29, 0.717) is 6.54 Å². The first-order valence-electron chi connectivity index (χ1n) is 4.12. The number of hydrogen-bond donors (Lipinski definition) is 1. The molecule has 5 nitrogen and oxygen atoms in total. The minimum Gasteiger partial charge on any atom is -0.367 e. The highest BCUT2D eigenvalue weighted by Gasteiger charge is 2.04. The standard InChI is InChI=1S/C8H7ClFN5/c9-6-3-5(1-2-7(6)10)4-15-8(11)12-13-14-15/h1-3H,4H2,(H2,11,12,14). The smallest absolute Gasteiger partial charge is 0.240 e. The van der Waals surface area contributed by atoms with E-state index in [2.05, 4.69) is 15.5 Å². The van der Waals surface area contributed by atoms with Crippen LogP contribution >= 0.6 is 11.6 Å². The molecule has 0 spiro atoms. The highest BCUT2D eigenvalue weighted by molar-refractivity contribution is 6.30. The summed E-state index contributed by atoms with van der Waals surface area (Å²) in [6, 6.07) is 4.40. The number of nitrogens with zero attached hydrogens (tertiary/aromatic N) is 4. The van der Waals surface area contributed by atoms with Crippen LogP contribution in [0.5, 0.6) is 0 Å². The zero-order chi connectivity index (χ0) is 10.8. The lowest BCUT2D eigenvalue weighted by atomic mass is 10.2. The maximum Gasteiger partial charge on any atom is 0.240 e. The molecule has 0 radical (unpaired) electrons. The molecule has 0 aliphatic carbocycles. The first-order valence-corrected chi connectivity index (χ1v) is 4.50. The molecular formula is C8H7ClFN5. The van der Waals surface area contributed by atoms with Crippen LogP contribution < -0.4 is 5.73 Å². The van der Waals surface area contributed by atoms with E-state index < -0.39 is 5.82 Å². The van der Waals surface area contributed by atoms with Gasteiger partial charge >= 0.3 is 0 Å². The summed E-state index contributed by atoms with van der Waals surface area (Å²) in [5.74, 6) is -0.249. The first kappa shape index (κ1) is 9.85. The molecule has 2 aromatic rings. The number of halogens is 2. The summed E-state index contributed by atoms with van der Waals surface area (Å²) in [5, 5.41) is 10.6. The Hall–Kier alpha value is -1.69. The average Bonchev–Trinajstić information content (AvgIpc) is 2.59. The van der Waals surface area contributed by atoms with Gasteiger partial charge in [-0.25, -0.2) is 9.07 Å². The van der Waals surface area contributed by atoms with E-state index in [1.807, 2.05) is 0 Å². The van der Waals surface area contributed by atoms with E-state index in [1.165, 1.54) is 16.8 Å². The van der Waals surface area contributed by atoms with Crippen molar-refractivity contribution in [1.82, 2.24) is 20.2 Å². The van der Waals surface area contributed by atoms with Gasteiger partial charge in [0.25, 0.3) is 0 Å². The second kappa shape index (κ2) is 3.82. The van der Waals surface area contributed by atoms with E-state index in [4.69, 9.17) is 17.3 Å². The van der Waals surface area contributed by atoms with Crippen LogP contribution in [0.25, 0.3) is 0 Å². The Kier molecular flexibility index (Phi) is 2.51. The predicted octanol–water partition coefficient (Wildman–Crippen LogP) is 1.10. The molecule has 2 N–H and O–H groups in total. The summed E-state index contributed by atoms with van der Waals surface area (Å²) < 4.78 is 14.2. The maximum atomic E-state index is 12.9. The lowest BCUT2D eigenvalue weighted by Gasteiger charge is -2.02. The van der Waals surface area contributed by atoms with Gasteiger partial charge in [-0.15, -0.1) is 0 Å². The van der Waals surface area contributed by atoms with Crippen molar-refractivity contribution < 1.29 is 4.39 Å². The van der Waals surface area contributed by atoms with Crippen molar-refractivity contribution >= 4 is 17.5 Å². The molecule has 15 heavy (non-hydrogen) atoms. The number of tetrazole rings is 1. The first-order chi connectivity index (χ1) is 7.16. The zero-order valence-electron chi connectivity index (χ0n) is 7.56. The van der Waals surface area contributed by atoms with Gasteiger partial charge in [-0.1, -0.05) is 22.8 Å². The summed E-state index contributed by atoms with van der Waals surface area (Å²) >= 11 is 5.63. The van der Waals surface area contributed by atoms with E-state index in [1.54, 1.807) is 6.07 Å². The Balaban J connectivity index is 2.25. The highest BCUT2D eigenvalue weighted by atomic mass is 35.5. The summed E-state index contributed by atoms with van der Waals surface area (Å²) in [6.45, 7) is 0.360. The van der Waals surface area contributed by atoms with Crippen LogP contribution in [0.1, 0.15) is 5.56 Å². The Morgan fingerprint density at radius 1 is 1.47 bits per heavy atom. The van der Waals surface area contributed by atoms with Gasteiger partial charge in [0.1, 0.15) is 5.82 Å². The van der Waals surface area contributed by atoms with E-state index in [-0.39, 0.29) is 11.0 Å². The largest absolute Gasteiger partial charge is 0.367 e. The number of benzene rings is 1. The Morgan fingerprint density at radius 3 is 2.87 bits per heavy atom. The average molecular weight is 228 g/mol. The lowest BCUT2D eigenvalue weighted by molar-refractivity contribution is 0.623. The van der Waals surface area contributed by atoms with E-state index in [9.17, 15) is 4.39 Å². The number of aromatic nitrogens is 4. The van der Waals surface area contributed by atoms with Gasteiger partial charge in [-0.2, -0.15) is 0 Å². The molecule has 0 fully saturated rings. The van der Waals surface area contributed by atoms with Crippen LogP contribution in [0.2, 0.25) is 5.02 Å².